The van der Waals surface area contributed by atoms with Gasteiger partial charge in [-0.25, -0.2) is 4.98 Å². The topological polar surface area (TPSA) is 110 Å². The number of aromatic nitrogens is 5. The largest absolute Gasteiger partial charge is 0.340 e. The Morgan fingerprint density at radius 1 is 1.42 bits per heavy atom. The highest BCUT2D eigenvalue weighted by molar-refractivity contribution is 7.13. The van der Waals surface area contributed by atoms with Gasteiger partial charge in [-0.15, -0.1) is 11.3 Å². The Balaban J connectivity index is 1.80. The van der Waals surface area contributed by atoms with Crippen molar-refractivity contribution in [1.82, 2.24) is 30.6 Å². The van der Waals surface area contributed by atoms with Crippen molar-refractivity contribution in [1.29, 1.82) is 0 Å². The van der Waals surface area contributed by atoms with Crippen LogP contribution in [-0.4, -0.2) is 31.2 Å². The van der Waals surface area contributed by atoms with E-state index in [-0.39, 0.29) is 11.9 Å². The first-order chi connectivity index (χ1) is 11.5. The summed E-state index contributed by atoms with van der Waals surface area (Å²) in [6.07, 6.45) is 2.06. The number of H-pyrrole nitrogens is 1. The van der Waals surface area contributed by atoms with E-state index in [9.17, 15) is 4.79 Å². The smallest absolute Gasteiger partial charge is 0.262 e. The maximum atomic E-state index is 12.4. The van der Waals surface area contributed by atoms with Crippen molar-refractivity contribution in [3.63, 3.8) is 0 Å². The maximum absolute atomic E-state index is 12.4. The van der Waals surface area contributed by atoms with E-state index in [0.29, 0.717) is 34.8 Å². The molecular formula is C15H18N6O2S. The van der Waals surface area contributed by atoms with Gasteiger partial charge in [-0.05, 0) is 31.4 Å². The van der Waals surface area contributed by atoms with Gasteiger partial charge in [0.1, 0.15) is 12.4 Å². The van der Waals surface area contributed by atoms with E-state index < -0.39 is 0 Å². The number of carbonyl (C=O) groups excluding carboxylic acids is 1. The molecular weight excluding hydrogens is 328 g/mol. The van der Waals surface area contributed by atoms with Gasteiger partial charge in [0.25, 0.3) is 5.91 Å². The summed E-state index contributed by atoms with van der Waals surface area (Å²) in [5.41, 5.74) is 0. The minimum atomic E-state index is -0.357. The Bertz CT molecular complexity index is 808. The molecule has 3 heterocycles. The second-order valence-electron chi connectivity index (χ2n) is 5.86. The maximum Gasteiger partial charge on any atom is 0.262 e. The first kappa shape index (κ1) is 16.3. The third kappa shape index (κ3) is 3.67. The third-order valence-corrected chi connectivity index (χ3v) is 4.34. The van der Waals surface area contributed by atoms with Crippen LogP contribution in [0.15, 0.2) is 23.0 Å². The number of rotatable bonds is 6. The lowest BCUT2D eigenvalue weighted by atomic mass is 10.0. The molecule has 0 radical (unpaired) electrons. The van der Waals surface area contributed by atoms with Crippen LogP contribution in [0.3, 0.4) is 0 Å². The number of aryl methyl sites for hydroxylation is 1. The van der Waals surface area contributed by atoms with Gasteiger partial charge in [0, 0.05) is 4.88 Å². The van der Waals surface area contributed by atoms with E-state index >= 15 is 0 Å². The normalized spacial score (nSPS) is 12.5. The summed E-state index contributed by atoms with van der Waals surface area (Å²) >= 11 is 1.45. The van der Waals surface area contributed by atoms with Crippen molar-refractivity contribution in [3.05, 3.63) is 34.1 Å². The van der Waals surface area contributed by atoms with Gasteiger partial charge >= 0.3 is 0 Å². The van der Waals surface area contributed by atoms with E-state index in [1.165, 1.54) is 17.7 Å². The predicted octanol–water partition coefficient (Wildman–Crippen LogP) is 2.74. The van der Waals surface area contributed by atoms with Gasteiger partial charge in [-0.2, -0.15) is 10.1 Å². The minimum absolute atomic E-state index is 0.141. The van der Waals surface area contributed by atoms with Gasteiger partial charge < -0.3 is 9.84 Å². The second kappa shape index (κ2) is 6.91. The van der Waals surface area contributed by atoms with Crippen molar-refractivity contribution in [2.45, 2.75) is 33.2 Å². The Morgan fingerprint density at radius 3 is 2.88 bits per heavy atom. The second-order valence-corrected chi connectivity index (χ2v) is 7.14. The molecule has 1 amide bonds. The molecule has 0 aliphatic rings. The lowest BCUT2D eigenvalue weighted by molar-refractivity contribution is 0.0926. The first-order valence-corrected chi connectivity index (χ1v) is 8.41. The number of hydrogen-bond acceptors (Lipinski definition) is 7. The molecule has 3 rings (SSSR count). The van der Waals surface area contributed by atoms with Gasteiger partial charge in [-0.3, -0.25) is 9.89 Å². The summed E-state index contributed by atoms with van der Waals surface area (Å²) in [6, 6.07) is 3.38. The SMILES string of the molecule is Cc1ccc(C(=O)NC(CC(C)C)c2nc(-c3ncn[nH]3)no2)s1. The highest BCUT2D eigenvalue weighted by atomic mass is 32.1. The van der Waals surface area contributed by atoms with Crippen LogP contribution in [0.2, 0.25) is 0 Å². The first-order valence-electron chi connectivity index (χ1n) is 7.59. The number of thiophene rings is 1. The molecule has 0 saturated heterocycles. The fraction of sp³-hybridized carbons (Fsp3) is 0.400. The lowest BCUT2D eigenvalue weighted by Gasteiger charge is -2.16. The average molecular weight is 346 g/mol. The Hall–Kier alpha value is -2.55. The third-order valence-electron chi connectivity index (χ3n) is 3.34. The van der Waals surface area contributed by atoms with Gasteiger partial charge in [0.05, 0.1) is 4.88 Å². The standard InChI is InChI=1S/C15H18N6O2S/c1-8(2)6-10(18-14(22)11-5-4-9(3)24-11)15-19-13(21-23-15)12-16-7-17-20-12/h4-5,7-8,10H,6H2,1-3H3,(H,18,22)(H,16,17,20). The molecule has 8 nitrogen and oxygen atoms in total. The van der Waals surface area contributed by atoms with Gasteiger partial charge in [-0.1, -0.05) is 19.0 Å². The van der Waals surface area contributed by atoms with E-state index in [1.54, 1.807) is 0 Å². The van der Waals surface area contributed by atoms with Gasteiger partial charge in [0.15, 0.2) is 5.82 Å². The predicted molar refractivity (Wildman–Crippen MR) is 88.4 cm³/mol. The number of carbonyl (C=O) groups is 1. The van der Waals surface area contributed by atoms with Crippen molar-refractivity contribution >= 4 is 17.2 Å². The van der Waals surface area contributed by atoms with E-state index in [4.69, 9.17) is 4.52 Å². The molecule has 1 unspecified atom stereocenters. The summed E-state index contributed by atoms with van der Waals surface area (Å²) in [5, 5.41) is 13.3. The summed E-state index contributed by atoms with van der Waals surface area (Å²) in [7, 11) is 0. The van der Waals surface area contributed by atoms with Crippen molar-refractivity contribution < 1.29 is 9.32 Å². The summed E-state index contributed by atoms with van der Waals surface area (Å²) in [5.74, 6) is 1.31. The zero-order valence-electron chi connectivity index (χ0n) is 13.6. The Kier molecular flexibility index (Phi) is 4.70. The summed E-state index contributed by atoms with van der Waals surface area (Å²) in [6.45, 7) is 6.11. The fourth-order valence-electron chi connectivity index (χ4n) is 2.26. The lowest BCUT2D eigenvalue weighted by Crippen LogP contribution is -2.29. The van der Waals surface area contributed by atoms with E-state index in [0.717, 1.165) is 4.88 Å². The Labute approximate surface area is 142 Å². The molecule has 3 aromatic heterocycles. The molecule has 126 valence electrons. The zero-order chi connectivity index (χ0) is 17.1. The number of aromatic amines is 1. The molecule has 0 aromatic carbocycles. The van der Waals surface area contributed by atoms with Crippen LogP contribution in [0, 0.1) is 12.8 Å². The number of hydrogen-bond donors (Lipinski definition) is 2. The highest BCUT2D eigenvalue weighted by Crippen LogP contribution is 2.23. The molecule has 3 aromatic rings. The quantitative estimate of drug-likeness (QED) is 0.710. The van der Waals surface area contributed by atoms with E-state index in [1.807, 2.05) is 19.1 Å². The molecule has 0 aliphatic heterocycles. The van der Waals surface area contributed by atoms with Crippen LogP contribution < -0.4 is 5.32 Å². The average Bonchev–Trinajstić information content (AvgIpc) is 3.26. The van der Waals surface area contributed by atoms with Crippen LogP contribution in [-0.2, 0) is 0 Å². The van der Waals surface area contributed by atoms with Gasteiger partial charge in [0.2, 0.25) is 11.7 Å². The molecule has 0 bridgehead atoms. The number of nitrogens with zero attached hydrogens (tertiary/aromatic N) is 4. The molecule has 0 fully saturated rings. The number of nitrogens with one attached hydrogen (secondary N) is 2. The summed E-state index contributed by atoms with van der Waals surface area (Å²) in [4.78, 5) is 22.5. The molecule has 9 heteroatoms. The van der Waals surface area contributed by atoms with Crippen LogP contribution in [0.4, 0.5) is 0 Å². The van der Waals surface area contributed by atoms with Crippen LogP contribution >= 0.6 is 11.3 Å². The summed E-state index contributed by atoms with van der Waals surface area (Å²) < 4.78 is 5.33. The molecule has 0 spiro atoms. The minimum Gasteiger partial charge on any atom is -0.340 e. The van der Waals surface area contributed by atoms with Crippen molar-refractivity contribution in [3.8, 4) is 11.6 Å². The Morgan fingerprint density at radius 2 is 2.25 bits per heavy atom. The monoisotopic (exact) mass is 346 g/mol. The highest BCUT2D eigenvalue weighted by Gasteiger charge is 2.24. The van der Waals surface area contributed by atoms with Crippen molar-refractivity contribution in [2.24, 2.45) is 5.92 Å². The van der Waals surface area contributed by atoms with E-state index in [2.05, 4.69) is 44.5 Å². The molecule has 0 saturated carbocycles. The van der Waals surface area contributed by atoms with Crippen LogP contribution in [0.5, 0.6) is 0 Å². The number of amides is 1. The molecule has 0 aliphatic carbocycles. The molecule has 1 atom stereocenters. The van der Waals surface area contributed by atoms with Crippen molar-refractivity contribution in [2.75, 3.05) is 0 Å². The van der Waals surface area contributed by atoms with Crippen LogP contribution in [0.25, 0.3) is 11.6 Å². The van der Waals surface area contributed by atoms with Crippen LogP contribution in [0.1, 0.15) is 46.7 Å². The zero-order valence-corrected chi connectivity index (χ0v) is 14.4. The molecule has 24 heavy (non-hydrogen) atoms. The molecule has 2 N–H and O–H groups in total. The fourth-order valence-corrected chi connectivity index (χ4v) is 3.04.